The Bertz CT molecular complexity index is 934. The van der Waals surface area contributed by atoms with Crippen molar-refractivity contribution in [1.29, 1.82) is 0 Å². The summed E-state index contributed by atoms with van der Waals surface area (Å²) >= 11 is 1.30. The van der Waals surface area contributed by atoms with Gasteiger partial charge in [-0.2, -0.15) is 0 Å². The zero-order chi connectivity index (χ0) is 17.1. The van der Waals surface area contributed by atoms with E-state index in [1.54, 1.807) is 5.38 Å². The van der Waals surface area contributed by atoms with Gasteiger partial charge in [0.05, 0.1) is 10.6 Å². The maximum absolute atomic E-state index is 11.7. The Kier molecular flexibility index (Phi) is 4.30. The molecule has 0 aliphatic heterocycles. The summed E-state index contributed by atoms with van der Waals surface area (Å²) in [6, 6.07) is 11.6. The Morgan fingerprint density at radius 2 is 2.00 bits per heavy atom. The number of carboxylic acid groups (broad SMARTS) is 1. The van der Waals surface area contributed by atoms with Crippen LogP contribution in [0.15, 0.2) is 46.6 Å². The molecule has 0 saturated heterocycles. The fourth-order valence-corrected chi connectivity index (χ4v) is 2.96. The molecule has 3 aromatic rings. The van der Waals surface area contributed by atoms with Crippen LogP contribution in [0.5, 0.6) is 5.75 Å². The molecule has 0 fully saturated rings. The third-order valence-corrected chi connectivity index (χ3v) is 4.22. The molecule has 2 heterocycles. The first kappa shape index (κ1) is 15.8. The third kappa shape index (κ3) is 3.13. The second kappa shape index (κ2) is 6.55. The number of carbonyl (C=O) groups is 1. The largest absolute Gasteiger partial charge is 0.501 e. The van der Waals surface area contributed by atoms with Gasteiger partial charge in [0.15, 0.2) is 11.5 Å². The first-order valence-electron chi connectivity index (χ1n) is 6.98. The second-order valence-electron chi connectivity index (χ2n) is 4.92. The smallest absolute Gasteiger partial charge is 0.358 e. The van der Waals surface area contributed by atoms with E-state index < -0.39 is 23.0 Å². The molecule has 0 saturated carbocycles. The van der Waals surface area contributed by atoms with Crippen LogP contribution in [0.1, 0.15) is 16.1 Å². The highest BCUT2D eigenvalue weighted by Gasteiger charge is 2.19. The number of nitrogens with zero attached hydrogens (tertiary/aromatic N) is 1. The lowest BCUT2D eigenvalue weighted by Crippen LogP contribution is -2.15. The monoisotopic (exact) mass is 343 g/mol. The number of hydrogen-bond acceptors (Lipinski definition) is 6. The first-order chi connectivity index (χ1) is 11.6. The molecule has 0 bridgehead atoms. The molecule has 0 unspecified atom stereocenters. The number of hydrogen-bond donors (Lipinski definition) is 4. The van der Waals surface area contributed by atoms with Crippen molar-refractivity contribution in [3.05, 3.63) is 63.4 Å². The minimum absolute atomic E-state index is 0.0979. The lowest BCUT2D eigenvalue weighted by atomic mass is 10.2. The molecular formula is C16H13N3O4S. The topological polar surface area (TPSA) is 115 Å². The highest BCUT2D eigenvalue weighted by molar-refractivity contribution is 7.14. The van der Waals surface area contributed by atoms with Crippen molar-refractivity contribution < 1.29 is 15.0 Å². The summed E-state index contributed by atoms with van der Waals surface area (Å²) in [4.78, 5) is 29.7. The Hall–Kier alpha value is -3.13. The van der Waals surface area contributed by atoms with Crippen LogP contribution in [0, 0.1) is 0 Å². The number of aromatic hydroxyl groups is 1. The lowest BCUT2D eigenvalue weighted by Gasteiger charge is -2.08. The van der Waals surface area contributed by atoms with E-state index in [-0.39, 0.29) is 5.82 Å². The SMILES string of the molecule is O=C(O)c1nc(-c2sccc2NCc2ccccc2)[nH]c(=O)c1O. The van der Waals surface area contributed by atoms with E-state index in [1.165, 1.54) is 11.3 Å². The summed E-state index contributed by atoms with van der Waals surface area (Å²) < 4.78 is 0. The zero-order valence-corrected chi connectivity index (χ0v) is 13.1. The summed E-state index contributed by atoms with van der Waals surface area (Å²) in [6.45, 7) is 0.568. The van der Waals surface area contributed by atoms with Gasteiger partial charge in [0.25, 0.3) is 5.56 Å². The maximum Gasteiger partial charge on any atom is 0.358 e. The Labute approximate surface area is 140 Å². The quantitative estimate of drug-likeness (QED) is 0.566. The molecule has 0 radical (unpaired) electrons. The summed E-state index contributed by atoms with van der Waals surface area (Å²) in [5.41, 5.74) is 0.234. The molecule has 24 heavy (non-hydrogen) atoms. The second-order valence-corrected chi connectivity index (χ2v) is 5.84. The van der Waals surface area contributed by atoms with Crippen LogP contribution in [0.2, 0.25) is 0 Å². The third-order valence-electron chi connectivity index (χ3n) is 3.30. The Morgan fingerprint density at radius 1 is 1.25 bits per heavy atom. The number of thiophene rings is 1. The van der Waals surface area contributed by atoms with E-state index in [1.807, 2.05) is 36.4 Å². The van der Waals surface area contributed by atoms with Crippen LogP contribution >= 0.6 is 11.3 Å². The number of anilines is 1. The van der Waals surface area contributed by atoms with Crippen molar-refractivity contribution in [3.8, 4) is 16.5 Å². The van der Waals surface area contributed by atoms with Crippen LogP contribution in [0.25, 0.3) is 10.7 Å². The average molecular weight is 343 g/mol. The number of rotatable bonds is 5. The molecule has 0 aliphatic carbocycles. The molecular weight excluding hydrogens is 330 g/mol. The maximum atomic E-state index is 11.7. The van der Waals surface area contributed by atoms with E-state index in [0.717, 1.165) is 5.56 Å². The molecule has 0 spiro atoms. The van der Waals surface area contributed by atoms with E-state index in [4.69, 9.17) is 5.11 Å². The minimum Gasteiger partial charge on any atom is -0.501 e. The van der Waals surface area contributed by atoms with Gasteiger partial charge in [-0.3, -0.25) is 4.79 Å². The van der Waals surface area contributed by atoms with E-state index in [9.17, 15) is 14.7 Å². The zero-order valence-electron chi connectivity index (χ0n) is 12.3. The van der Waals surface area contributed by atoms with Gasteiger partial charge in [0, 0.05) is 6.54 Å². The molecule has 0 amide bonds. The summed E-state index contributed by atoms with van der Waals surface area (Å²) in [5.74, 6) is -2.27. The minimum atomic E-state index is -1.46. The summed E-state index contributed by atoms with van der Waals surface area (Å²) in [7, 11) is 0. The number of benzene rings is 1. The molecule has 4 N–H and O–H groups in total. The number of aromatic amines is 1. The Balaban J connectivity index is 1.93. The van der Waals surface area contributed by atoms with Crippen molar-refractivity contribution >= 4 is 23.0 Å². The molecule has 7 nitrogen and oxygen atoms in total. The van der Waals surface area contributed by atoms with Crippen LogP contribution in [-0.2, 0) is 6.54 Å². The lowest BCUT2D eigenvalue weighted by molar-refractivity contribution is 0.0686. The van der Waals surface area contributed by atoms with Crippen LogP contribution in [-0.4, -0.2) is 26.2 Å². The molecule has 1 aromatic carbocycles. The highest BCUT2D eigenvalue weighted by atomic mass is 32.1. The van der Waals surface area contributed by atoms with Crippen LogP contribution in [0.3, 0.4) is 0 Å². The van der Waals surface area contributed by atoms with Gasteiger partial charge < -0.3 is 20.5 Å². The van der Waals surface area contributed by atoms with Gasteiger partial charge in [-0.05, 0) is 17.0 Å². The van der Waals surface area contributed by atoms with Gasteiger partial charge in [-0.25, -0.2) is 9.78 Å². The normalized spacial score (nSPS) is 10.5. The molecule has 0 atom stereocenters. The van der Waals surface area contributed by atoms with Crippen molar-refractivity contribution in [2.45, 2.75) is 6.54 Å². The van der Waals surface area contributed by atoms with Crippen LogP contribution in [0.4, 0.5) is 5.69 Å². The van der Waals surface area contributed by atoms with Crippen molar-refractivity contribution in [1.82, 2.24) is 9.97 Å². The number of aromatic nitrogens is 2. The van der Waals surface area contributed by atoms with Gasteiger partial charge in [-0.1, -0.05) is 30.3 Å². The van der Waals surface area contributed by atoms with E-state index in [2.05, 4.69) is 15.3 Å². The molecule has 8 heteroatoms. The van der Waals surface area contributed by atoms with Crippen molar-refractivity contribution in [2.75, 3.05) is 5.32 Å². The van der Waals surface area contributed by atoms with Crippen LogP contribution < -0.4 is 10.9 Å². The van der Waals surface area contributed by atoms with Gasteiger partial charge in [0.1, 0.15) is 0 Å². The summed E-state index contributed by atoms with van der Waals surface area (Å²) in [5, 5.41) is 23.6. The first-order valence-corrected chi connectivity index (χ1v) is 7.86. The average Bonchev–Trinajstić information content (AvgIpc) is 3.04. The predicted octanol–water partition coefficient (Wildman–Crippen LogP) is 2.51. The van der Waals surface area contributed by atoms with Crippen molar-refractivity contribution in [2.24, 2.45) is 0 Å². The van der Waals surface area contributed by atoms with E-state index in [0.29, 0.717) is 17.1 Å². The predicted molar refractivity (Wildman–Crippen MR) is 90.6 cm³/mol. The van der Waals surface area contributed by atoms with Crippen molar-refractivity contribution in [3.63, 3.8) is 0 Å². The van der Waals surface area contributed by atoms with Gasteiger partial charge in [-0.15, -0.1) is 11.3 Å². The summed E-state index contributed by atoms with van der Waals surface area (Å²) in [6.07, 6.45) is 0. The molecule has 3 rings (SSSR count). The number of nitrogens with one attached hydrogen (secondary N) is 2. The number of H-pyrrole nitrogens is 1. The molecule has 0 aliphatic rings. The fraction of sp³-hybridized carbons (Fsp3) is 0.0625. The van der Waals surface area contributed by atoms with Gasteiger partial charge >= 0.3 is 5.97 Å². The molecule has 122 valence electrons. The Morgan fingerprint density at radius 3 is 2.71 bits per heavy atom. The number of carboxylic acids is 1. The number of aromatic carboxylic acids is 1. The van der Waals surface area contributed by atoms with Gasteiger partial charge in [0.2, 0.25) is 5.75 Å². The fourth-order valence-electron chi connectivity index (χ4n) is 2.15. The standard InChI is InChI=1S/C16H13N3O4S/c20-12-11(16(22)23)18-14(19-15(12)21)13-10(6-7-24-13)17-8-9-4-2-1-3-5-9/h1-7,17,20H,8H2,(H,22,23)(H,18,19,21). The highest BCUT2D eigenvalue weighted by Crippen LogP contribution is 2.31. The molecule has 2 aromatic heterocycles. The van der Waals surface area contributed by atoms with E-state index >= 15 is 0 Å².